The summed E-state index contributed by atoms with van der Waals surface area (Å²) in [5, 5.41) is 9.85. The van der Waals surface area contributed by atoms with Crippen molar-refractivity contribution < 1.29 is 14.6 Å². The van der Waals surface area contributed by atoms with Crippen LogP contribution in [0.15, 0.2) is 18.2 Å². The van der Waals surface area contributed by atoms with E-state index in [9.17, 15) is 5.11 Å². The number of ether oxygens (including phenoxy) is 2. The molecule has 0 radical (unpaired) electrons. The molecule has 3 N–H and O–H groups in total. The van der Waals surface area contributed by atoms with E-state index in [1.807, 2.05) is 12.1 Å². The number of aliphatic hydroxyl groups excluding tert-OH is 1. The van der Waals surface area contributed by atoms with Crippen LogP contribution in [-0.2, 0) is 4.74 Å². The fourth-order valence-electron chi connectivity index (χ4n) is 2.12. The second-order valence-corrected chi connectivity index (χ2v) is 4.86. The lowest BCUT2D eigenvalue weighted by Crippen LogP contribution is -2.21. The Kier molecular flexibility index (Phi) is 5.57. The number of hydrogen-bond donors (Lipinski definition) is 2. The van der Waals surface area contributed by atoms with E-state index in [1.165, 1.54) is 0 Å². The van der Waals surface area contributed by atoms with E-state index in [1.54, 1.807) is 6.07 Å². The summed E-state index contributed by atoms with van der Waals surface area (Å²) in [6, 6.07) is 5.46. The lowest BCUT2D eigenvalue weighted by molar-refractivity contribution is 0.0489. The van der Waals surface area contributed by atoms with Gasteiger partial charge in [-0.1, -0.05) is 6.07 Å². The van der Waals surface area contributed by atoms with Gasteiger partial charge in [0, 0.05) is 19.3 Å². The van der Waals surface area contributed by atoms with Gasteiger partial charge in [-0.05, 0) is 37.8 Å². The van der Waals surface area contributed by atoms with Crippen molar-refractivity contribution in [2.45, 2.75) is 25.4 Å². The largest absolute Gasteiger partial charge is 0.477 e. The first-order valence-corrected chi connectivity index (χ1v) is 6.85. The molecule has 0 saturated carbocycles. The molecule has 1 saturated heterocycles. The zero-order chi connectivity index (χ0) is 13.5. The van der Waals surface area contributed by atoms with Gasteiger partial charge in [0.2, 0.25) is 5.88 Å². The molecule has 0 aliphatic carbocycles. The quantitative estimate of drug-likeness (QED) is 0.810. The minimum Gasteiger partial charge on any atom is -0.477 e. The first-order chi connectivity index (χ1) is 9.29. The molecule has 2 heterocycles. The molecule has 0 aromatic carbocycles. The van der Waals surface area contributed by atoms with E-state index in [-0.39, 0.29) is 0 Å². The molecule has 2 rings (SSSR count). The summed E-state index contributed by atoms with van der Waals surface area (Å²) in [7, 11) is 0. The molecule has 1 aliphatic rings. The minimum atomic E-state index is -0.614. The second kappa shape index (κ2) is 7.43. The Balaban J connectivity index is 1.87. The fourth-order valence-corrected chi connectivity index (χ4v) is 2.12. The van der Waals surface area contributed by atoms with Crippen molar-refractivity contribution in [3.63, 3.8) is 0 Å². The van der Waals surface area contributed by atoms with Gasteiger partial charge in [0.05, 0.1) is 18.4 Å². The first kappa shape index (κ1) is 14.2. The molecule has 0 bridgehead atoms. The average molecular weight is 266 g/mol. The van der Waals surface area contributed by atoms with Crippen LogP contribution in [0.2, 0.25) is 0 Å². The molecular formula is C14H22N2O3. The predicted molar refractivity (Wildman–Crippen MR) is 71.9 cm³/mol. The standard InChI is InChI=1S/C14H22N2O3/c15-7-4-13(17)12-2-1-3-14(16-12)19-10-11-5-8-18-9-6-11/h1-3,11,13,17H,4-10,15H2. The van der Waals surface area contributed by atoms with Crippen LogP contribution < -0.4 is 10.5 Å². The number of aromatic nitrogens is 1. The van der Waals surface area contributed by atoms with Crippen molar-refractivity contribution in [2.75, 3.05) is 26.4 Å². The number of pyridine rings is 1. The molecular weight excluding hydrogens is 244 g/mol. The maximum Gasteiger partial charge on any atom is 0.213 e. The zero-order valence-electron chi connectivity index (χ0n) is 11.1. The number of hydrogen-bond acceptors (Lipinski definition) is 5. The number of rotatable bonds is 6. The summed E-state index contributed by atoms with van der Waals surface area (Å²) in [5.41, 5.74) is 6.05. The Morgan fingerprint density at radius 2 is 2.21 bits per heavy atom. The topological polar surface area (TPSA) is 77.6 Å². The van der Waals surface area contributed by atoms with E-state index in [0.717, 1.165) is 26.1 Å². The predicted octanol–water partition coefficient (Wildman–Crippen LogP) is 1.27. The molecule has 0 spiro atoms. The number of nitrogens with two attached hydrogens (primary N) is 1. The normalized spacial score (nSPS) is 18.2. The van der Waals surface area contributed by atoms with Crippen molar-refractivity contribution in [3.05, 3.63) is 23.9 Å². The van der Waals surface area contributed by atoms with Crippen LogP contribution in [0.5, 0.6) is 5.88 Å². The third kappa shape index (κ3) is 4.45. The summed E-state index contributed by atoms with van der Waals surface area (Å²) in [6.45, 7) is 2.73. The third-order valence-corrected chi connectivity index (χ3v) is 3.33. The highest BCUT2D eigenvalue weighted by Crippen LogP contribution is 2.19. The summed E-state index contributed by atoms with van der Waals surface area (Å²) in [5.74, 6) is 1.10. The van der Waals surface area contributed by atoms with Gasteiger partial charge >= 0.3 is 0 Å². The smallest absolute Gasteiger partial charge is 0.213 e. The molecule has 1 aliphatic heterocycles. The van der Waals surface area contributed by atoms with Crippen LogP contribution in [0.25, 0.3) is 0 Å². The van der Waals surface area contributed by atoms with Crippen molar-refractivity contribution in [3.8, 4) is 5.88 Å². The molecule has 1 aromatic heterocycles. The van der Waals surface area contributed by atoms with Crippen LogP contribution >= 0.6 is 0 Å². The van der Waals surface area contributed by atoms with E-state index in [0.29, 0.717) is 37.1 Å². The maximum absolute atomic E-state index is 9.85. The SMILES string of the molecule is NCCC(O)c1cccc(OCC2CCOCC2)n1. The highest BCUT2D eigenvalue weighted by Gasteiger charge is 2.15. The highest BCUT2D eigenvalue weighted by molar-refractivity contribution is 5.17. The molecule has 0 amide bonds. The van der Waals surface area contributed by atoms with Gasteiger partial charge in [-0.25, -0.2) is 4.98 Å². The molecule has 1 unspecified atom stereocenters. The Labute approximate surface area is 113 Å². The highest BCUT2D eigenvalue weighted by atomic mass is 16.5. The van der Waals surface area contributed by atoms with Crippen molar-refractivity contribution in [2.24, 2.45) is 11.7 Å². The fraction of sp³-hybridized carbons (Fsp3) is 0.643. The Morgan fingerprint density at radius 1 is 1.42 bits per heavy atom. The summed E-state index contributed by atoms with van der Waals surface area (Å²) >= 11 is 0. The van der Waals surface area contributed by atoms with Gasteiger partial charge < -0.3 is 20.3 Å². The van der Waals surface area contributed by atoms with Gasteiger partial charge in [-0.15, -0.1) is 0 Å². The molecule has 5 nitrogen and oxygen atoms in total. The van der Waals surface area contributed by atoms with Crippen molar-refractivity contribution in [1.29, 1.82) is 0 Å². The Morgan fingerprint density at radius 3 is 2.95 bits per heavy atom. The maximum atomic E-state index is 9.85. The van der Waals surface area contributed by atoms with Crippen LogP contribution in [0, 0.1) is 5.92 Å². The monoisotopic (exact) mass is 266 g/mol. The van der Waals surface area contributed by atoms with E-state index in [2.05, 4.69) is 4.98 Å². The summed E-state index contributed by atoms with van der Waals surface area (Å²) in [6.07, 6.45) is 1.97. The first-order valence-electron chi connectivity index (χ1n) is 6.85. The number of nitrogens with zero attached hydrogens (tertiary/aromatic N) is 1. The third-order valence-electron chi connectivity index (χ3n) is 3.33. The van der Waals surface area contributed by atoms with Gasteiger partial charge in [0.1, 0.15) is 0 Å². The van der Waals surface area contributed by atoms with Gasteiger partial charge in [0.15, 0.2) is 0 Å². The van der Waals surface area contributed by atoms with Gasteiger partial charge in [-0.3, -0.25) is 0 Å². The molecule has 1 fully saturated rings. The van der Waals surface area contributed by atoms with Crippen LogP contribution in [0.1, 0.15) is 31.1 Å². The van der Waals surface area contributed by atoms with E-state index in [4.69, 9.17) is 15.2 Å². The van der Waals surface area contributed by atoms with Crippen LogP contribution in [0.3, 0.4) is 0 Å². The van der Waals surface area contributed by atoms with Crippen molar-refractivity contribution >= 4 is 0 Å². The molecule has 106 valence electrons. The number of aliphatic hydroxyl groups is 1. The lowest BCUT2D eigenvalue weighted by Gasteiger charge is -2.22. The Hall–Kier alpha value is -1.17. The zero-order valence-corrected chi connectivity index (χ0v) is 11.1. The summed E-state index contributed by atoms with van der Waals surface area (Å²) in [4.78, 5) is 4.32. The van der Waals surface area contributed by atoms with Crippen molar-refractivity contribution in [1.82, 2.24) is 4.98 Å². The minimum absolute atomic E-state index is 0.440. The molecule has 1 atom stereocenters. The molecule has 5 heteroatoms. The summed E-state index contributed by atoms with van der Waals surface area (Å²) < 4.78 is 11.0. The molecule has 1 aromatic rings. The van der Waals surface area contributed by atoms with Gasteiger partial charge in [-0.2, -0.15) is 0 Å². The molecule has 19 heavy (non-hydrogen) atoms. The Bertz CT molecular complexity index is 381. The van der Waals surface area contributed by atoms with Crippen LogP contribution in [0.4, 0.5) is 0 Å². The average Bonchev–Trinajstić information content (AvgIpc) is 2.47. The van der Waals surface area contributed by atoms with E-state index < -0.39 is 6.10 Å². The van der Waals surface area contributed by atoms with Crippen LogP contribution in [-0.4, -0.2) is 36.5 Å². The van der Waals surface area contributed by atoms with E-state index >= 15 is 0 Å². The lowest BCUT2D eigenvalue weighted by atomic mass is 10.0. The second-order valence-electron chi connectivity index (χ2n) is 4.86. The van der Waals surface area contributed by atoms with Gasteiger partial charge in [0.25, 0.3) is 0 Å².